The molecule has 1 aliphatic carbocycles. The van der Waals surface area contributed by atoms with E-state index in [4.69, 9.17) is 0 Å². The zero-order chi connectivity index (χ0) is 23.4. The van der Waals surface area contributed by atoms with E-state index in [-0.39, 0.29) is 18.6 Å². The number of halogens is 1. The maximum atomic E-state index is 14.1. The van der Waals surface area contributed by atoms with Crippen LogP contribution in [0.1, 0.15) is 38.7 Å². The fraction of sp³-hybridized carbons (Fsp3) is 0.500. The van der Waals surface area contributed by atoms with Crippen LogP contribution in [-0.2, 0) is 6.54 Å². The molecule has 0 aliphatic heterocycles. The molecular formula is C24H32FN5O2S. The smallest absolute Gasteiger partial charge is 0.140 e. The van der Waals surface area contributed by atoms with Crippen molar-refractivity contribution >= 4 is 38.7 Å². The van der Waals surface area contributed by atoms with Crippen molar-refractivity contribution < 1.29 is 14.6 Å². The second-order valence-electron chi connectivity index (χ2n) is 9.28. The molecule has 1 fully saturated rings. The molecular weight excluding hydrogens is 441 g/mol. The van der Waals surface area contributed by atoms with Crippen LogP contribution < -0.4 is 16.0 Å². The Labute approximate surface area is 197 Å². The van der Waals surface area contributed by atoms with E-state index in [1.807, 2.05) is 29.8 Å². The summed E-state index contributed by atoms with van der Waals surface area (Å²) in [5.41, 5.74) is 4.11. The van der Waals surface area contributed by atoms with Crippen molar-refractivity contribution in [2.24, 2.45) is 5.92 Å². The lowest BCUT2D eigenvalue weighted by Crippen LogP contribution is -2.40. The Morgan fingerprint density at radius 2 is 2.09 bits per heavy atom. The number of benzene rings is 1. The highest BCUT2D eigenvalue weighted by molar-refractivity contribution is 7.16. The summed E-state index contributed by atoms with van der Waals surface area (Å²) in [7, 11) is 0. The van der Waals surface area contributed by atoms with E-state index in [9.17, 15) is 14.6 Å². The van der Waals surface area contributed by atoms with Crippen molar-refractivity contribution in [3.05, 3.63) is 41.5 Å². The lowest BCUT2D eigenvalue weighted by atomic mass is 10.0. The van der Waals surface area contributed by atoms with Crippen LogP contribution in [0.25, 0.3) is 10.2 Å². The van der Waals surface area contributed by atoms with E-state index in [1.54, 1.807) is 17.5 Å². The summed E-state index contributed by atoms with van der Waals surface area (Å²) in [6, 6.07) is 7.94. The highest BCUT2D eigenvalue weighted by Crippen LogP contribution is 2.28. The number of rotatable bonds is 10. The molecule has 0 bridgehead atoms. The van der Waals surface area contributed by atoms with Crippen LogP contribution in [0.3, 0.4) is 0 Å². The largest absolute Gasteiger partial charge is 0.393 e. The molecule has 1 aromatic carbocycles. The molecule has 7 nitrogen and oxygen atoms in total. The van der Waals surface area contributed by atoms with Crippen LogP contribution in [0.5, 0.6) is 0 Å². The van der Waals surface area contributed by atoms with Crippen LogP contribution in [0.15, 0.2) is 36.0 Å². The van der Waals surface area contributed by atoms with Gasteiger partial charge in [-0.3, -0.25) is 0 Å². The van der Waals surface area contributed by atoms with Crippen LogP contribution in [-0.4, -0.2) is 51.1 Å². The molecule has 2 aromatic heterocycles. The SMILES string of the molecule is CC(C)(O)C(F)CNCc1cnc(Nc2ccc3ncsc3c2)cc1NCC1CCCC1O. The van der Waals surface area contributed by atoms with Crippen LogP contribution in [0.4, 0.5) is 21.6 Å². The van der Waals surface area contributed by atoms with Crippen molar-refractivity contribution in [2.75, 3.05) is 23.7 Å². The molecule has 4 rings (SSSR count). The fourth-order valence-electron chi connectivity index (χ4n) is 4.02. The number of hydrogen-bond acceptors (Lipinski definition) is 8. The van der Waals surface area contributed by atoms with Crippen molar-refractivity contribution in [3.63, 3.8) is 0 Å². The minimum Gasteiger partial charge on any atom is -0.393 e. The molecule has 5 N–H and O–H groups in total. The molecule has 0 spiro atoms. The van der Waals surface area contributed by atoms with Gasteiger partial charge < -0.3 is 26.2 Å². The van der Waals surface area contributed by atoms with Gasteiger partial charge in [-0.05, 0) is 44.9 Å². The maximum Gasteiger partial charge on any atom is 0.140 e. The number of alkyl halides is 1. The van der Waals surface area contributed by atoms with Crippen LogP contribution in [0.2, 0.25) is 0 Å². The highest BCUT2D eigenvalue weighted by Gasteiger charge is 2.26. The first kappa shape index (κ1) is 23.8. The van der Waals surface area contributed by atoms with E-state index in [0.29, 0.717) is 18.9 Å². The molecule has 1 aliphatic rings. The summed E-state index contributed by atoms with van der Waals surface area (Å²) in [5.74, 6) is 0.909. The lowest BCUT2D eigenvalue weighted by molar-refractivity contribution is -0.00239. The lowest BCUT2D eigenvalue weighted by Gasteiger charge is -2.23. The molecule has 3 atom stereocenters. The normalized spacial score (nSPS) is 19.7. The Morgan fingerprint density at radius 1 is 1.24 bits per heavy atom. The summed E-state index contributed by atoms with van der Waals surface area (Å²) >= 11 is 1.59. The molecule has 3 unspecified atom stereocenters. The second kappa shape index (κ2) is 10.3. The average molecular weight is 474 g/mol. The Kier molecular flexibility index (Phi) is 7.43. The molecule has 33 heavy (non-hydrogen) atoms. The van der Waals surface area contributed by atoms with Gasteiger partial charge in [0.05, 0.1) is 27.4 Å². The van der Waals surface area contributed by atoms with Gasteiger partial charge in [0, 0.05) is 54.8 Å². The van der Waals surface area contributed by atoms with Gasteiger partial charge in [0.2, 0.25) is 0 Å². The van der Waals surface area contributed by atoms with Gasteiger partial charge in [0.15, 0.2) is 0 Å². The van der Waals surface area contributed by atoms with E-state index in [1.165, 1.54) is 13.8 Å². The van der Waals surface area contributed by atoms with Crippen LogP contribution in [0, 0.1) is 5.92 Å². The number of nitrogens with zero attached hydrogens (tertiary/aromatic N) is 2. The first-order valence-corrected chi connectivity index (χ1v) is 12.3. The number of aromatic nitrogens is 2. The zero-order valence-corrected chi connectivity index (χ0v) is 19.8. The van der Waals surface area contributed by atoms with E-state index in [0.717, 1.165) is 46.4 Å². The Hall–Kier alpha value is -2.33. The minimum atomic E-state index is -1.39. The zero-order valence-electron chi connectivity index (χ0n) is 19.0. The second-order valence-corrected chi connectivity index (χ2v) is 10.2. The number of aliphatic hydroxyl groups is 2. The fourth-order valence-corrected chi connectivity index (χ4v) is 4.73. The monoisotopic (exact) mass is 473 g/mol. The third-order valence-electron chi connectivity index (χ3n) is 6.17. The summed E-state index contributed by atoms with van der Waals surface area (Å²) in [6.45, 7) is 4.04. The predicted molar refractivity (Wildman–Crippen MR) is 132 cm³/mol. The summed E-state index contributed by atoms with van der Waals surface area (Å²) in [5, 5.41) is 29.9. The van der Waals surface area contributed by atoms with Gasteiger partial charge in [-0.25, -0.2) is 14.4 Å². The number of anilines is 3. The molecule has 1 saturated carbocycles. The summed E-state index contributed by atoms with van der Waals surface area (Å²) in [4.78, 5) is 8.86. The maximum absolute atomic E-state index is 14.1. The molecule has 0 saturated heterocycles. The van der Waals surface area contributed by atoms with Gasteiger partial charge in [0.25, 0.3) is 0 Å². The topological polar surface area (TPSA) is 102 Å². The van der Waals surface area contributed by atoms with E-state index < -0.39 is 11.8 Å². The Bertz CT molecular complexity index is 1070. The van der Waals surface area contributed by atoms with Crippen LogP contribution >= 0.6 is 11.3 Å². The third kappa shape index (κ3) is 6.17. The third-order valence-corrected chi connectivity index (χ3v) is 6.96. The number of thiazole rings is 1. The van der Waals surface area contributed by atoms with Crippen molar-refractivity contribution in [2.45, 2.75) is 57.5 Å². The molecule has 9 heteroatoms. The number of fused-ring (bicyclic) bond motifs is 1. The van der Waals surface area contributed by atoms with Gasteiger partial charge in [-0.2, -0.15) is 0 Å². The molecule has 3 aromatic rings. The van der Waals surface area contributed by atoms with Crippen molar-refractivity contribution in [3.8, 4) is 0 Å². The molecule has 0 radical (unpaired) electrons. The standard InChI is InChI=1S/C24H32FN5O2S/c1-24(2,32)22(25)13-26-10-16-12-28-23(9-19(16)27-11-15-4-3-5-20(15)31)30-17-6-7-18-21(8-17)33-14-29-18/h6-9,12,14-15,20,22,26,31-32H,3-5,10-11,13H2,1-2H3,(H2,27,28,30). The van der Waals surface area contributed by atoms with Gasteiger partial charge >= 0.3 is 0 Å². The first-order valence-electron chi connectivity index (χ1n) is 11.4. The Balaban J connectivity index is 1.48. The summed E-state index contributed by atoms with van der Waals surface area (Å²) in [6.07, 6.45) is 3.01. The number of pyridine rings is 1. The van der Waals surface area contributed by atoms with E-state index >= 15 is 0 Å². The van der Waals surface area contributed by atoms with Crippen molar-refractivity contribution in [1.29, 1.82) is 0 Å². The Morgan fingerprint density at radius 3 is 2.85 bits per heavy atom. The van der Waals surface area contributed by atoms with Gasteiger partial charge in [0.1, 0.15) is 12.0 Å². The van der Waals surface area contributed by atoms with E-state index in [2.05, 4.69) is 25.9 Å². The number of nitrogens with one attached hydrogen (secondary N) is 3. The quantitative estimate of drug-likeness (QED) is 0.301. The van der Waals surface area contributed by atoms with Crippen molar-refractivity contribution in [1.82, 2.24) is 15.3 Å². The van der Waals surface area contributed by atoms with Gasteiger partial charge in [-0.1, -0.05) is 6.42 Å². The molecule has 178 valence electrons. The number of hydrogen-bond donors (Lipinski definition) is 5. The minimum absolute atomic E-state index is 0.0408. The first-order chi connectivity index (χ1) is 15.8. The predicted octanol–water partition coefficient (Wildman–Crippen LogP) is 4.21. The number of aliphatic hydroxyl groups excluding tert-OH is 1. The summed E-state index contributed by atoms with van der Waals surface area (Å²) < 4.78 is 15.2. The molecule has 2 heterocycles. The average Bonchev–Trinajstić information content (AvgIpc) is 3.40. The highest BCUT2D eigenvalue weighted by atomic mass is 32.1. The molecule has 0 amide bonds. The van der Waals surface area contributed by atoms with Gasteiger partial charge in [-0.15, -0.1) is 11.3 Å².